The number of aliphatic hydroxyl groups excluding tert-OH is 2. The van der Waals surface area contributed by atoms with E-state index in [1.807, 2.05) is 4.98 Å². The van der Waals surface area contributed by atoms with Crippen LogP contribution >= 0.6 is 95.2 Å². The second kappa shape index (κ2) is 31.9. The van der Waals surface area contributed by atoms with Gasteiger partial charge in [-0.1, -0.05) is 61.2 Å². The van der Waals surface area contributed by atoms with Crippen molar-refractivity contribution in [1.29, 1.82) is 0 Å². The van der Waals surface area contributed by atoms with Gasteiger partial charge >= 0.3 is 51.1 Å². The molecular weight excluding hydrogens is 1470 g/mol. The molecule has 0 aromatic carbocycles. The number of hydrogen-bond donors (Lipinski definition) is 12. The lowest BCUT2D eigenvalue weighted by atomic mass is 10.1. The predicted molar refractivity (Wildman–Crippen MR) is 345 cm³/mol. The Hall–Kier alpha value is -3.59. The van der Waals surface area contributed by atoms with Crippen molar-refractivity contribution in [1.82, 2.24) is 48.2 Å². The number of methoxy groups -OCH3 is 2. The number of nitrogen functional groups attached to an aromatic ring is 1. The molecule has 14 unspecified atom stereocenters. The Morgan fingerprint density at radius 1 is 0.632 bits per heavy atom. The van der Waals surface area contributed by atoms with E-state index in [1.165, 1.54) is 31.7 Å². The number of rotatable bonds is 33. The summed E-state index contributed by atoms with van der Waals surface area (Å²) >= 11 is 20.5. The predicted octanol–water partition coefficient (Wildman–Crippen LogP) is 2.11. The third-order valence-corrected chi connectivity index (χ3v) is 22.7. The van der Waals surface area contributed by atoms with E-state index in [0.29, 0.717) is 4.57 Å². The van der Waals surface area contributed by atoms with Crippen LogP contribution in [0, 0.1) is 20.8 Å². The fourth-order valence-corrected chi connectivity index (χ4v) is 16.5. The van der Waals surface area contributed by atoms with Gasteiger partial charge < -0.3 is 48.7 Å². The van der Waals surface area contributed by atoms with Gasteiger partial charge in [-0.2, -0.15) is 4.98 Å². The van der Waals surface area contributed by atoms with Gasteiger partial charge in [-0.25, -0.2) is 42.2 Å². The molecule has 8 rings (SSSR count). The number of aromatic nitrogens is 10. The van der Waals surface area contributed by atoms with Crippen molar-refractivity contribution in [3.05, 3.63) is 114 Å². The molecule has 5 aromatic heterocycles. The van der Waals surface area contributed by atoms with E-state index in [1.54, 1.807) is 0 Å². The molecule has 18 atom stereocenters. The molecule has 95 heavy (non-hydrogen) atoms. The van der Waals surface area contributed by atoms with Crippen molar-refractivity contribution < 1.29 is 102 Å². The van der Waals surface area contributed by atoms with Crippen LogP contribution in [0.15, 0.2) is 58.5 Å². The maximum atomic E-state index is 14.7. The summed E-state index contributed by atoms with van der Waals surface area (Å²) in [5.41, 5.74) is -0.578. The molecule has 40 nitrogen and oxygen atoms in total. The van der Waals surface area contributed by atoms with Crippen molar-refractivity contribution in [2.24, 2.45) is 0 Å². The molecule has 0 aliphatic carbocycles. The van der Waals surface area contributed by atoms with E-state index < -0.39 is 186 Å². The molecule has 8 heterocycles. The highest BCUT2D eigenvalue weighted by Gasteiger charge is 2.52. The van der Waals surface area contributed by atoms with Gasteiger partial charge in [0.25, 0.3) is 22.2 Å². The Bertz CT molecular complexity index is 4290. The first kappa shape index (κ1) is 77.2. The van der Waals surface area contributed by atoms with Gasteiger partial charge in [-0.15, -0.1) is 0 Å². The SMILES string of the molecule is COC(C(COP(=O)(S)O[C@@H]1C[C@H](n2cc(C)c(=O)[nH]c2=O)OC1COP(=O)(S)O[C@@H]1C[C@H](n2cnc3c(=O)[nH]c(N)nc32)OC1COP(=O)(S)OC)OP(=O)(S)OCC1OC(n2cc(C)c(=O)[nH]c2=O)C(OC)C1OP(=O)(S)OCCCO)C(O)n1cc(C)c(=O)[nH]c1=O. The molecule has 3 aliphatic rings. The highest BCUT2D eigenvalue weighted by molar-refractivity contribution is 8.45. The number of H-pyrrole nitrogens is 4. The fraction of sp³-hybridized carbons (Fsp3) is 0.622. The quantitative estimate of drug-likeness (QED) is 0.0163. The highest BCUT2D eigenvalue weighted by atomic mass is 32.7. The minimum absolute atomic E-state index is 0.00577. The summed E-state index contributed by atoms with van der Waals surface area (Å²) in [6.07, 6.45) is -16.9. The van der Waals surface area contributed by atoms with Crippen molar-refractivity contribution in [2.45, 2.75) is 120 Å². The van der Waals surface area contributed by atoms with Crippen LogP contribution < -0.4 is 45.0 Å². The van der Waals surface area contributed by atoms with E-state index in [0.717, 1.165) is 49.1 Å². The molecule has 8 N–H and O–H groups in total. The third kappa shape index (κ3) is 19.5. The Morgan fingerprint density at radius 3 is 1.73 bits per heavy atom. The summed E-state index contributed by atoms with van der Waals surface area (Å²) < 4.78 is 159. The van der Waals surface area contributed by atoms with Gasteiger partial charge in [0.15, 0.2) is 23.6 Å². The van der Waals surface area contributed by atoms with E-state index in [2.05, 4.69) is 86.2 Å². The Labute approximate surface area is 560 Å². The molecule has 5 aromatic rings. The zero-order chi connectivity index (χ0) is 69.9. The van der Waals surface area contributed by atoms with Crippen LogP contribution in [0.25, 0.3) is 11.2 Å². The smallest absolute Gasteiger partial charge is 0.386 e. The lowest BCUT2D eigenvalue weighted by Gasteiger charge is -2.32. The maximum Gasteiger partial charge on any atom is 0.386 e. The largest absolute Gasteiger partial charge is 0.396 e. The zero-order valence-corrected chi connectivity index (χ0v) is 59.3. The summed E-state index contributed by atoms with van der Waals surface area (Å²) in [5.74, 6) is -0.265. The number of aromatic amines is 4. The van der Waals surface area contributed by atoms with Crippen LogP contribution in [0.3, 0.4) is 0 Å². The molecule has 0 spiro atoms. The van der Waals surface area contributed by atoms with Gasteiger partial charge in [-0.05, 0) is 27.2 Å². The maximum absolute atomic E-state index is 14.7. The first-order chi connectivity index (χ1) is 44.5. The van der Waals surface area contributed by atoms with E-state index in [4.69, 9.17) is 74.7 Å². The normalized spacial score (nSPS) is 26.5. The molecule has 3 saturated heterocycles. The number of nitrogens with one attached hydrogen (secondary N) is 4. The first-order valence-corrected chi connectivity index (χ1v) is 41.1. The fourth-order valence-electron chi connectivity index (χ4n) is 9.79. The number of anilines is 1. The highest BCUT2D eigenvalue weighted by Crippen LogP contribution is 2.62. The van der Waals surface area contributed by atoms with E-state index >= 15 is 0 Å². The summed E-state index contributed by atoms with van der Waals surface area (Å²) in [7, 11) is 3.19. The van der Waals surface area contributed by atoms with Gasteiger partial charge in [-0.3, -0.25) is 93.6 Å². The van der Waals surface area contributed by atoms with Crippen LogP contribution in [0.1, 0.15) is 60.9 Å². The molecule has 0 bridgehead atoms. The van der Waals surface area contributed by atoms with E-state index in [-0.39, 0.29) is 59.9 Å². The van der Waals surface area contributed by atoms with Crippen LogP contribution in [0.2, 0.25) is 0 Å². The Balaban J connectivity index is 1.05. The second-order valence-corrected chi connectivity index (χ2v) is 35.5. The molecule has 530 valence electrons. The molecular formula is C45H66N11O29P5S5. The molecule has 3 fully saturated rings. The molecule has 0 saturated carbocycles. The number of ether oxygens (including phenoxy) is 5. The van der Waals surface area contributed by atoms with Gasteiger partial charge in [0, 0.05) is 76.1 Å². The summed E-state index contributed by atoms with van der Waals surface area (Å²) in [4.78, 5) is 106. The number of thiol groups is 5. The molecule has 50 heteroatoms. The van der Waals surface area contributed by atoms with Gasteiger partial charge in [0.2, 0.25) is 5.95 Å². The molecule has 0 radical (unpaired) electrons. The number of aryl methyl sites for hydroxylation is 3. The van der Waals surface area contributed by atoms with Gasteiger partial charge in [0.05, 0.1) is 39.4 Å². The standard InChI is InChI=1S/C45H66N11O29P5S5/c1-20-12-53(43(63)50-36(20)58)29-10-23(26(79-29)16-76-88(68,93)83-24-11-30(80-25(24)15-75-86(66,91)73-6)56-19-47-31-35(56)48-42(46)49-39(31)61)82-89(69,94)78-18-28(33(71-4)40(62)54-13-21(2)37(59)51-44(54)64)84-90(70,95)77-17-27-32(85-87(67,92)74-9-7-8-57)34(72-5)41(81-27)55-14-22(3)38(60)52-45(55)65/h12-14,19,23-30,32-34,40-41,57,62H,7-11,15-18H2,1-6H3,(H,66,91)(H,67,92)(H,68,93)(H,69,94)(H,70,95)(H,50,58,63)(H,51,59,64)(H,52,60,65)(H3,46,48,49,61)/t23-,24-,25?,26?,27?,28?,29-,30-,32?,33?,34?,40?,41?,86?,87?,88?,89?,90?/m1/s1. The second-order valence-electron chi connectivity index (χ2n) is 20.9. The van der Waals surface area contributed by atoms with Crippen molar-refractivity contribution in [3.63, 3.8) is 0 Å². The number of nitrogens with zero attached hydrogens (tertiary/aromatic N) is 6. The Morgan fingerprint density at radius 2 is 1.15 bits per heavy atom. The van der Waals surface area contributed by atoms with Crippen molar-refractivity contribution in [2.75, 3.05) is 66.7 Å². The summed E-state index contributed by atoms with van der Waals surface area (Å²) in [5, 5.41) is 21.1. The minimum Gasteiger partial charge on any atom is -0.396 e. The number of fused-ring (bicyclic) bond motifs is 1. The average molecular weight is 1540 g/mol. The lowest BCUT2D eigenvalue weighted by Crippen LogP contribution is -2.45. The topological polar surface area (TPSA) is 518 Å². The van der Waals surface area contributed by atoms with Crippen molar-refractivity contribution >= 4 is 112 Å². The number of hydrogen-bond acceptors (Lipinski definition) is 32. The third-order valence-electron chi connectivity index (χ3n) is 14.4. The van der Waals surface area contributed by atoms with Crippen LogP contribution in [0.4, 0.5) is 5.95 Å². The Kier molecular flexibility index (Phi) is 25.9. The molecule has 0 amide bonds. The number of nitrogens with two attached hydrogens (primary N) is 1. The molecule has 3 aliphatic heterocycles. The van der Waals surface area contributed by atoms with Gasteiger partial charge in [0.1, 0.15) is 67.4 Å². The number of imidazole rings is 1. The summed E-state index contributed by atoms with van der Waals surface area (Å²) in [6, 6.07) is 0. The monoisotopic (exact) mass is 1540 g/mol. The lowest BCUT2D eigenvalue weighted by molar-refractivity contribution is -0.116. The van der Waals surface area contributed by atoms with E-state index in [9.17, 15) is 66.6 Å². The number of aliphatic hydroxyl groups is 2. The minimum atomic E-state index is -5.05. The van der Waals surface area contributed by atoms with Crippen LogP contribution in [-0.4, -0.2) is 174 Å². The summed E-state index contributed by atoms with van der Waals surface area (Å²) in [6.45, 7) is -23.3. The average Bonchev–Trinajstić information content (AvgIpc) is 1.66. The van der Waals surface area contributed by atoms with Crippen molar-refractivity contribution in [3.8, 4) is 0 Å². The van der Waals surface area contributed by atoms with Crippen LogP contribution in [-0.2, 0) is 91.7 Å². The van der Waals surface area contributed by atoms with Crippen LogP contribution in [0.5, 0.6) is 0 Å². The first-order valence-electron chi connectivity index (χ1n) is 27.6. The zero-order valence-electron chi connectivity index (χ0n) is 50.3.